The van der Waals surface area contributed by atoms with E-state index in [4.69, 9.17) is 0 Å². The Morgan fingerprint density at radius 2 is 2.45 bits per heavy atom. The van der Waals surface area contributed by atoms with Crippen LogP contribution >= 0.6 is 0 Å². The molecular formula is C10H10O. The zero-order valence-corrected chi connectivity index (χ0v) is 6.34. The lowest BCUT2D eigenvalue weighted by molar-refractivity contribution is -0.116. The fourth-order valence-electron chi connectivity index (χ4n) is 1.64. The van der Waals surface area contributed by atoms with E-state index in [0.717, 1.165) is 19.3 Å². The van der Waals surface area contributed by atoms with Gasteiger partial charge in [0.25, 0.3) is 0 Å². The van der Waals surface area contributed by atoms with Crippen LogP contribution in [0.25, 0.3) is 0 Å². The monoisotopic (exact) mass is 146 g/mol. The van der Waals surface area contributed by atoms with Gasteiger partial charge < -0.3 is 0 Å². The topological polar surface area (TPSA) is 17.1 Å². The average molecular weight is 146 g/mol. The van der Waals surface area contributed by atoms with Crippen LogP contribution in [0, 0.1) is 12.3 Å². The fourth-order valence-corrected chi connectivity index (χ4v) is 1.64. The van der Waals surface area contributed by atoms with Gasteiger partial charge in [0.1, 0.15) is 0 Å². The average Bonchev–Trinajstić information content (AvgIpc) is 2.06. The Morgan fingerprint density at radius 3 is 3.27 bits per heavy atom. The summed E-state index contributed by atoms with van der Waals surface area (Å²) in [7, 11) is 0. The van der Waals surface area contributed by atoms with Gasteiger partial charge in [-0.3, -0.25) is 4.79 Å². The number of hydrogen-bond donors (Lipinski definition) is 0. The summed E-state index contributed by atoms with van der Waals surface area (Å²) in [4.78, 5) is 11.2. The van der Waals surface area contributed by atoms with E-state index < -0.39 is 0 Å². The van der Waals surface area contributed by atoms with Crippen LogP contribution in [0.2, 0.25) is 0 Å². The summed E-state index contributed by atoms with van der Waals surface area (Å²) >= 11 is 0. The van der Waals surface area contributed by atoms with Crippen LogP contribution in [0.4, 0.5) is 0 Å². The molecule has 11 heavy (non-hydrogen) atoms. The fraction of sp³-hybridized carbons (Fsp3) is 0.400. The highest BCUT2D eigenvalue weighted by molar-refractivity contribution is 5.96. The number of carbonyl (C=O) groups is 1. The maximum atomic E-state index is 11.2. The Balaban J connectivity index is 2.25. The van der Waals surface area contributed by atoms with E-state index in [1.807, 2.05) is 6.08 Å². The van der Waals surface area contributed by atoms with Gasteiger partial charge in [-0.25, -0.2) is 0 Å². The van der Waals surface area contributed by atoms with E-state index in [-0.39, 0.29) is 11.7 Å². The molecule has 0 heterocycles. The van der Waals surface area contributed by atoms with Gasteiger partial charge in [-0.2, -0.15) is 0 Å². The van der Waals surface area contributed by atoms with Crippen molar-refractivity contribution in [2.45, 2.75) is 19.3 Å². The van der Waals surface area contributed by atoms with Crippen LogP contribution in [0.15, 0.2) is 23.8 Å². The summed E-state index contributed by atoms with van der Waals surface area (Å²) in [6.07, 6.45) is 12.0. The second-order valence-electron chi connectivity index (χ2n) is 2.99. The molecule has 0 aromatic heterocycles. The van der Waals surface area contributed by atoms with Gasteiger partial charge in [0.2, 0.25) is 0 Å². The normalized spacial score (nSPS) is 29.6. The van der Waals surface area contributed by atoms with E-state index in [1.165, 1.54) is 5.57 Å². The molecule has 1 heteroatoms. The first kappa shape index (κ1) is 6.84. The Kier molecular flexibility index (Phi) is 1.65. The molecule has 2 aliphatic carbocycles. The van der Waals surface area contributed by atoms with Crippen molar-refractivity contribution in [3.63, 3.8) is 0 Å². The highest BCUT2D eigenvalue weighted by Crippen LogP contribution is 2.31. The first-order valence-corrected chi connectivity index (χ1v) is 4.02. The van der Waals surface area contributed by atoms with Crippen LogP contribution < -0.4 is 0 Å². The zero-order valence-electron chi connectivity index (χ0n) is 6.34. The van der Waals surface area contributed by atoms with E-state index in [1.54, 1.807) is 6.08 Å². The summed E-state index contributed by atoms with van der Waals surface area (Å²) in [5, 5.41) is 0. The number of allylic oxidation sites excluding steroid dienone is 4. The molecule has 2 rings (SSSR count). The SMILES string of the molecule is O=C1C=CC=C2CCC[C]C12. The maximum absolute atomic E-state index is 11.2. The second-order valence-corrected chi connectivity index (χ2v) is 2.99. The Bertz CT molecular complexity index is 235. The third kappa shape index (κ3) is 1.15. The first-order chi connectivity index (χ1) is 5.38. The zero-order chi connectivity index (χ0) is 7.68. The van der Waals surface area contributed by atoms with Crippen molar-refractivity contribution in [1.82, 2.24) is 0 Å². The summed E-state index contributed by atoms with van der Waals surface area (Å²) in [6, 6.07) is 0. The van der Waals surface area contributed by atoms with Gasteiger partial charge in [0.15, 0.2) is 5.78 Å². The molecule has 1 fully saturated rings. The van der Waals surface area contributed by atoms with Crippen LogP contribution in [0.1, 0.15) is 19.3 Å². The van der Waals surface area contributed by atoms with Crippen molar-refractivity contribution in [3.8, 4) is 0 Å². The smallest absolute Gasteiger partial charge is 0.163 e. The second kappa shape index (κ2) is 2.65. The maximum Gasteiger partial charge on any atom is 0.163 e. The Hall–Kier alpha value is -0.850. The van der Waals surface area contributed by atoms with Crippen LogP contribution in [0.3, 0.4) is 0 Å². The predicted octanol–water partition coefficient (Wildman–Crippen LogP) is 1.93. The third-order valence-electron chi connectivity index (χ3n) is 2.22. The van der Waals surface area contributed by atoms with Crippen molar-refractivity contribution in [1.29, 1.82) is 0 Å². The number of ketones is 1. The van der Waals surface area contributed by atoms with Gasteiger partial charge in [0.05, 0.1) is 0 Å². The molecule has 0 saturated heterocycles. The van der Waals surface area contributed by atoms with Crippen molar-refractivity contribution >= 4 is 5.78 Å². The molecule has 56 valence electrons. The molecule has 0 bridgehead atoms. The van der Waals surface area contributed by atoms with Crippen molar-refractivity contribution in [3.05, 3.63) is 30.2 Å². The summed E-state index contributed by atoms with van der Waals surface area (Å²) in [5.74, 6) is 0.218. The molecule has 0 N–H and O–H groups in total. The highest BCUT2D eigenvalue weighted by atomic mass is 16.1. The molecule has 0 aromatic rings. The molecule has 2 radical (unpaired) electrons. The quantitative estimate of drug-likeness (QED) is 0.510. The summed E-state index contributed by atoms with van der Waals surface area (Å²) < 4.78 is 0. The highest BCUT2D eigenvalue weighted by Gasteiger charge is 2.25. The minimum Gasteiger partial charge on any atom is -0.294 e. The predicted molar refractivity (Wildman–Crippen MR) is 42.8 cm³/mol. The van der Waals surface area contributed by atoms with Crippen molar-refractivity contribution < 1.29 is 4.79 Å². The minimum absolute atomic E-state index is 0.00810. The third-order valence-corrected chi connectivity index (χ3v) is 2.22. The van der Waals surface area contributed by atoms with Crippen LogP contribution in [-0.2, 0) is 4.79 Å². The van der Waals surface area contributed by atoms with Gasteiger partial charge in [-0.15, -0.1) is 0 Å². The van der Waals surface area contributed by atoms with E-state index in [2.05, 4.69) is 12.5 Å². The lowest BCUT2D eigenvalue weighted by Crippen LogP contribution is -2.20. The first-order valence-electron chi connectivity index (χ1n) is 4.02. The minimum atomic E-state index is 0.00810. The van der Waals surface area contributed by atoms with Crippen LogP contribution in [-0.4, -0.2) is 5.78 Å². The summed E-state index contributed by atoms with van der Waals surface area (Å²) in [5.41, 5.74) is 1.25. The van der Waals surface area contributed by atoms with Gasteiger partial charge in [0, 0.05) is 5.92 Å². The molecule has 2 aliphatic rings. The summed E-state index contributed by atoms with van der Waals surface area (Å²) in [6.45, 7) is 0. The molecule has 0 amide bonds. The molecule has 1 atom stereocenters. The number of fused-ring (bicyclic) bond motifs is 1. The van der Waals surface area contributed by atoms with Gasteiger partial charge in [-0.1, -0.05) is 17.7 Å². The lowest BCUT2D eigenvalue weighted by atomic mass is 9.79. The molecule has 1 unspecified atom stereocenters. The van der Waals surface area contributed by atoms with Crippen LogP contribution in [0.5, 0.6) is 0 Å². The van der Waals surface area contributed by atoms with Gasteiger partial charge >= 0.3 is 0 Å². The molecule has 0 spiro atoms. The van der Waals surface area contributed by atoms with E-state index in [0.29, 0.717) is 0 Å². The van der Waals surface area contributed by atoms with Gasteiger partial charge in [-0.05, 0) is 31.8 Å². The lowest BCUT2D eigenvalue weighted by Gasteiger charge is -2.24. The number of hydrogen-bond acceptors (Lipinski definition) is 1. The molecule has 1 nitrogen and oxygen atoms in total. The molecule has 0 aromatic carbocycles. The molecule has 1 saturated carbocycles. The molecular weight excluding hydrogens is 136 g/mol. The van der Waals surface area contributed by atoms with E-state index >= 15 is 0 Å². The van der Waals surface area contributed by atoms with Crippen molar-refractivity contribution in [2.75, 3.05) is 0 Å². The Morgan fingerprint density at radius 1 is 1.55 bits per heavy atom. The van der Waals surface area contributed by atoms with E-state index in [9.17, 15) is 4.79 Å². The standard InChI is InChI=1S/C10H10O/c11-10-7-3-5-8-4-1-2-6-9(8)10/h3,5,7,9H,1-2,4H2. The largest absolute Gasteiger partial charge is 0.294 e. The number of carbonyl (C=O) groups excluding carboxylic acids is 1. The molecule has 0 aliphatic heterocycles. The van der Waals surface area contributed by atoms with Crippen molar-refractivity contribution in [2.24, 2.45) is 5.92 Å². The number of rotatable bonds is 0. The Labute approximate surface area is 66.8 Å².